The number of benzene rings is 1. The minimum Gasteiger partial charge on any atom is -0.376 e. The maximum atomic E-state index is 13.1. The maximum absolute atomic E-state index is 13.1. The predicted molar refractivity (Wildman–Crippen MR) is 113 cm³/mol. The van der Waals surface area contributed by atoms with Gasteiger partial charge in [-0.05, 0) is 82.1 Å². The molecule has 29 heavy (non-hydrogen) atoms. The van der Waals surface area contributed by atoms with Gasteiger partial charge >= 0.3 is 0 Å². The summed E-state index contributed by atoms with van der Waals surface area (Å²) in [5.74, 6) is 5.73. The number of carbonyl (C=O) groups excluding carboxylic acids is 2. The lowest BCUT2D eigenvalue weighted by molar-refractivity contribution is -0.116. The number of fused-ring (bicyclic) bond motifs is 1. The molecule has 0 radical (unpaired) electrons. The first-order valence-corrected chi connectivity index (χ1v) is 10.6. The number of piperidine rings is 1. The van der Waals surface area contributed by atoms with Crippen LogP contribution < -0.4 is 5.32 Å². The van der Waals surface area contributed by atoms with E-state index < -0.39 is 0 Å². The molecule has 2 aliphatic rings. The monoisotopic (exact) mass is 396 g/mol. The standard InChI is InChI=1S/C24H32N2O3/c1-17(25-22(27)9-11-24(2,3)4)20-6-5-12-26(15-20)23(28)19-7-8-21-16-29-13-10-18(21)14-19/h7-8,14,17,20H,5-6,10,12-13,15-16H2,1-4H3,(H,25,27). The minimum absolute atomic E-state index is 0.0203. The molecule has 5 nitrogen and oxygen atoms in total. The molecule has 0 aromatic heterocycles. The fourth-order valence-corrected chi connectivity index (χ4v) is 3.89. The molecule has 2 heterocycles. The number of nitrogens with one attached hydrogen (secondary N) is 1. The lowest BCUT2D eigenvalue weighted by Crippen LogP contribution is -2.47. The molecule has 2 aliphatic heterocycles. The van der Waals surface area contributed by atoms with E-state index in [1.54, 1.807) is 0 Å². The van der Waals surface area contributed by atoms with Crippen molar-refractivity contribution in [2.24, 2.45) is 11.3 Å². The van der Waals surface area contributed by atoms with Gasteiger partial charge in [-0.15, -0.1) is 0 Å². The second-order valence-corrected chi connectivity index (χ2v) is 9.20. The zero-order valence-corrected chi connectivity index (χ0v) is 18.0. The number of nitrogens with zero attached hydrogens (tertiary/aromatic N) is 1. The van der Waals surface area contributed by atoms with Crippen molar-refractivity contribution in [1.82, 2.24) is 10.2 Å². The van der Waals surface area contributed by atoms with Crippen LogP contribution in [0.4, 0.5) is 0 Å². The Morgan fingerprint density at radius 2 is 2.07 bits per heavy atom. The Morgan fingerprint density at radius 3 is 2.83 bits per heavy atom. The van der Waals surface area contributed by atoms with E-state index >= 15 is 0 Å². The highest BCUT2D eigenvalue weighted by Crippen LogP contribution is 2.24. The fraction of sp³-hybridized carbons (Fsp3) is 0.583. The van der Waals surface area contributed by atoms with Gasteiger partial charge in [-0.2, -0.15) is 0 Å². The molecule has 0 saturated carbocycles. The van der Waals surface area contributed by atoms with Gasteiger partial charge in [-0.1, -0.05) is 12.0 Å². The molecule has 1 saturated heterocycles. The van der Waals surface area contributed by atoms with Crippen LogP contribution in [-0.2, 0) is 22.6 Å². The average molecular weight is 397 g/mol. The summed E-state index contributed by atoms with van der Waals surface area (Å²) >= 11 is 0. The van der Waals surface area contributed by atoms with Crippen molar-refractivity contribution in [1.29, 1.82) is 0 Å². The van der Waals surface area contributed by atoms with Crippen LogP contribution in [0.3, 0.4) is 0 Å². The van der Waals surface area contributed by atoms with Gasteiger partial charge in [0, 0.05) is 30.1 Å². The van der Waals surface area contributed by atoms with Crippen molar-refractivity contribution in [3.05, 3.63) is 34.9 Å². The minimum atomic E-state index is -0.243. The molecular formula is C24H32N2O3. The Hall–Kier alpha value is -2.32. The molecule has 1 fully saturated rings. The van der Waals surface area contributed by atoms with Gasteiger partial charge in [0.05, 0.1) is 13.2 Å². The number of amides is 2. The van der Waals surface area contributed by atoms with Crippen LogP contribution in [0.2, 0.25) is 0 Å². The number of hydrogen-bond donors (Lipinski definition) is 1. The zero-order chi connectivity index (χ0) is 21.0. The van der Waals surface area contributed by atoms with Crippen LogP contribution >= 0.6 is 0 Å². The van der Waals surface area contributed by atoms with Gasteiger partial charge in [0.25, 0.3) is 11.8 Å². The fourth-order valence-electron chi connectivity index (χ4n) is 3.89. The highest BCUT2D eigenvalue weighted by Gasteiger charge is 2.29. The third-order valence-electron chi connectivity index (χ3n) is 5.59. The van der Waals surface area contributed by atoms with Crippen molar-refractivity contribution >= 4 is 11.8 Å². The van der Waals surface area contributed by atoms with Gasteiger partial charge < -0.3 is 15.0 Å². The van der Waals surface area contributed by atoms with Crippen molar-refractivity contribution in [2.45, 2.75) is 59.6 Å². The topological polar surface area (TPSA) is 58.6 Å². The second-order valence-electron chi connectivity index (χ2n) is 9.20. The molecule has 0 aliphatic carbocycles. The highest BCUT2D eigenvalue weighted by molar-refractivity contribution is 5.95. The van der Waals surface area contributed by atoms with Crippen LogP contribution in [0, 0.1) is 23.2 Å². The molecule has 1 aromatic rings. The van der Waals surface area contributed by atoms with Crippen molar-refractivity contribution in [2.75, 3.05) is 19.7 Å². The highest BCUT2D eigenvalue weighted by atomic mass is 16.5. The maximum Gasteiger partial charge on any atom is 0.296 e. The molecule has 1 aromatic carbocycles. The molecular weight excluding hydrogens is 364 g/mol. The van der Waals surface area contributed by atoms with Crippen molar-refractivity contribution < 1.29 is 14.3 Å². The van der Waals surface area contributed by atoms with Gasteiger partial charge in [-0.25, -0.2) is 0 Å². The van der Waals surface area contributed by atoms with E-state index in [0.717, 1.165) is 31.4 Å². The van der Waals surface area contributed by atoms with Gasteiger partial charge in [0.15, 0.2) is 0 Å². The van der Waals surface area contributed by atoms with E-state index in [4.69, 9.17) is 4.74 Å². The zero-order valence-electron chi connectivity index (χ0n) is 18.0. The summed E-state index contributed by atoms with van der Waals surface area (Å²) in [7, 11) is 0. The number of rotatable bonds is 3. The van der Waals surface area contributed by atoms with Crippen LogP contribution in [0.1, 0.15) is 62.0 Å². The largest absolute Gasteiger partial charge is 0.376 e. The molecule has 5 heteroatoms. The Kier molecular flexibility index (Phi) is 6.64. The first-order chi connectivity index (χ1) is 13.7. The van der Waals surface area contributed by atoms with E-state index in [0.29, 0.717) is 19.8 Å². The Bertz CT molecular complexity index is 829. The van der Waals surface area contributed by atoms with E-state index in [-0.39, 0.29) is 29.2 Å². The Morgan fingerprint density at radius 1 is 1.28 bits per heavy atom. The Balaban J connectivity index is 1.61. The summed E-state index contributed by atoms with van der Waals surface area (Å²) in [6, 6.07) is 5.93. The number of ether oxygens (including phenoxy) is 1. The van der Waals surface area contributed by atoms with Crippen molar-refractivity contribution in [3.8, 4) is 11.8 Å². The number of hydrogen-bond acceptors (Lipinski definition) is 3. The first kappa shape index (κ1) is 21.4. The lowest BCUT2D eigenvalue weighted by atomic mass is 9.90. The molecule has 3 rings (SSSR count). The summed E-state index contributed by atoms with van der Waals surface area (Å²) in [6.45, 7) is 10.7. The summed E-state index contributed by atoms with van der Waals surface area (Å²) in [5.41, 5.74) is 2.94. The average Bonchev–Trinajstić information content (AvgIpc) is 2.71. The predicted octanol–water partition coefficient (Wildman–Crippen LogP) is 3.17. The van der Waals surface area contributed by atoms with Crippen molar-refractivity contribution in [3.63, 3.8) is 0 Å². The normalized spacial score (nSPS) is 20.1. The molecule has 2 atom stereocenters. The Labute approximate surface area is 174 Å². The molecule has 0 bridgehead atoms. The van der Waals surface area contributed by atoms with Crippen LogP contribution in [0.5, 0.6) is 0 Å². The third-order valence-corrected chi connectivity index (χ3v) is 5.59. The van der Waals surface area contributed by atoms with Crippen LogP contribution in [0.15, 0.2) is 18.2 Å². The SMILES string of the molecule is CC(NC(=O)C#CC(C)(C)C)C1CCCN(C(=O)c2ccc3c(c2)CCOC3)C1. The van der Waals surface area contributed by atoms with E-state index in [1.165, 1.54) is 11.1 Å². The van der Waals surface area contributed by atoms with Gasteiger partial charge in [-0.3, -0.25) is 9.59 Å². The summed E-state index contributed by atoms with van der Waals surface area (Å²) in [5, 5.41) is 3.00. The number of carbonyl (C=O) groups is 2. The first-order valence-electron chi connectivity index (χ1n) is 10.6. The summed E-state index contributed by atoms with van der Waals surface area (Å²) < 4.78 is 5.48. The van der Waals surface area contributed by atoms with Crippen LogP contribution in [0.25, 0.3) is 0 Å². The molecule has 0 spiro atoms. The summed E-state index contributed by atoms with van der Waals surface area (Å²) in [4.78, 5) is 27.1. The summed E-state index contributed by atoms with van der Waals surface area (Å²) in [6.07, 6.45) is 2.81. The van der Waals surface area contributed by atoms with E-state index in [9.17, 15) is 9.59 Å². The lowest BCUT2D eigenvalue weighted by Gasteiger charge is -2.36. The molecule has 2 amide bonds. The third kappa shape index (κ3) is 5.83. The second kappa shape index (κ2) is 9.00. The molecule has 1 N–H and O–H groups in total. The smallest absolute Gasteiger partial charge is 0.296 e. The van der Waals surface area contributed by atoms with Gasteiger partial charge in [0.2, 0.25) is 0 Å². The van der Waals surface area contributed by atoms with E-state index in [2.05, 4.69) is 17.2 Å². The molecule has 156 valence electrons. The quantitative estimate of drug-likeness (QED) is 0.799. The molecule has 2 unspecified atom stereocenters. The van der Waals surface area contributed by atoms with E-state index in [1.807, 2.05) is 50.8 Å². The van der Waals surface area contributed by atoms with Crippen LogP contribution in [-0.4, -0.2) is 42.5 Å². The van der Waals surface area contributed by atoms with Gasteiger partial charge in [0.1, 0.15) is 0 Å². The number of likely N-dealkylation sites (tertiary alicyclic amines) is 1.